The lowest BCUT2D eigenvalue weighted by Crippen LogP contribution is -2.01. The number of aromatic nitrogens is 2. The fourth-order valence-electron chi connectivity index (χ4n) is 2.30. The van der Waals surface area contributed by atoms with Gasteiger partial charge in [0.25, 0.3) is 0 Å². The SMILES string of the molecule is COc1ccc(-c2cc(CN)nn2-c2cccc(Cl)c2)cc1. The van der Waals surface area contributed by atoms with E-state index in [1.807, 2.05) is 59.3 Å². The number of methoxy groups -OCH3 is 1. The Morgan fingerprint density at radius 1 is 1.14 bits per heavy atom. The molecule has 0 aliphatic rings. The van der Waals surface area contributed by atoms with Crippen LogP contribution in [0.1, 0.15) is 5.69 Å². The lowest BCUT2D eigenvalue weighted by molar-refractivity contribution is 0.415. The molecule has 0 fully saturated rings. The third kappa shape index (κ3) is 2.84. The quantitative estimate of drug-likeness (QED) is 0.799. The van der Waals surface area contributed by atoms with Gasteiger partial charge in [-0.2, -0.15) is 5.10 Å². The van der Waals surface area contributed by atoms with Crippen molar-refractivity contribution in [2.24, 2.45) is 5.73 Å². The molecule has 3 aromatic rings. The molecule has 4 nitrogen and oxygen atoms in total. The van der Waals surface area contributed by atoms with Crippen LogP contribution in [-0.4, -0.2) is 16.9 Å². The van der Waals surface area contributed by atoms with Gasteiger partial charge in [0.05, 0.1) is 24.2 Å². The second-order valence-corrected chi connectivity index (χ2v) is 5.28. The van der Waals surface area contributed by atoms with Crippen molar-refractivity contribution in [2.45, 2.75) is 6.54 Å². The van der Waals surface area contributed by atoms with E-state index in [4.69, 9.17) is 22.1 Å². The summed E-state index contributed by atoms with van der Waals surface area (Å²) >= 11 is 6.09. The summed E-state index contributed by atoms with van der Waals surface area (Å²) in [6.45, 7) is 0.386. The largest absolute Gasteiger partial charge is 0.497 e. The Labute approximate surface area is 134 Å². The molecule has 0 radical (unpaired) electrons. The Kier molecular flexibility index (Phi) is 4.13. The molecule has 0 unspecified atom stereocenters. The van der Waals surface area contributed by atoms with Crippen molar-refractivity contribution >= 4 is 11.6 Å². The Balaban J connectivity index is 2.12. The van der Waals surface area contributed by atoms with E-state index in [1.165, 1.54) is 0 Å². The highest BCUT2D eigenvalue weighted by molar-refractivity contribution is 6.30. The van der Waals surface area contributed by atoms with Crippen LogP contribution >= 0.6 is 11.6 Å². The second kappa shape index (κ2) is 6.22. The molecule has 3 rings (SSSR count). The lowest BCUT2D eigenvalue weighted by atomic mass is 10.1. The van der Waals surface area contributed by atoms with E-state index in [2.05, 4.69) is 5.10 Å². The van der Waals surface area contributed by atoms with Crippen molar-refractivity contribution in [3.63, 3.8) is 0 Å². The average molecular weight is 314 g/mol. The monoisotopic (exact) mass is 313 g/mol. The summed E-state index contributed by atoms with van der Waals surface area (Å²) in [7, 11) is 1.65. The number of hydrogen-bond donors (Lipinski definition) is 1. The fraction of sp³-hybridized carbons (Fsp3) is 0.118. The number of hydrogen-bond acceptors (Lipinski definition) is 3. The second-order valence-electron chi connectivity index (χ2n) is 4.85. The molecule has 0 spiro atoms. The van der Waals surface area contributed by atoms with Crippen molar-refractivity contribution in [2.75, 3.05) is 7.11 Å². The topological polar surface area (TPSA) is 53.1 Å². The third-order valence-electron chi connectivity index (χ3n) is 3.41. The Morgan fingerprint density at radius 2 is 1.91 bits per heavy atom. The van der Waals surface area contributed by atoms with Crippen LogP contribution in [0.5, 0.6) is 5.75 Å². The highest BCUT2D eigenvalue weighted by Gasteiger charge is 2.11. The van der Waals surface area contributed by atoms with Gasteiger partial charge >= 0.3 is 0 Å². The van der Waals surface area contributed by atoms with Gasteiger partial charge in [0, 0.05) is 17.1 Å². The van der Waals surface area contributed by atoms with E-state index in [0.29, 0.717) is 11.6 Å². The Hall–Kier alpha value is -2.30. The van der Waals surface area contributed by atoms with E-state index in [-0.39, 0.29) is 0 Å². The molecule has 5 heteroatoms. The van der Waals surface area contributed by atoms with E-state index in [0.717, 1.165) is 28.4 Å². The highest BCUT2D eigenvalue weighted by Crippen LogP contribution is 2.26. The Bertz CT molecular complexity index is 781. The van der Waals surface area contributed by atoms with Gasteiger partial charge in [0.1, 0.15) is 5.75 Å². The van der Waals surface area contributed by atoms with Crippen LogP contribution in [0.3, 0.4) is 0 Å². The molecule has 1 heterocycles. The number of nitrogens with zero attached hydrogens (tertiary/aromatic N) is 2. The van der Waals surface area contributed by atoms with E-state index < -0.39 is 0 Å². The molecule has 2 aromatic carbocycles. The molecular weight excluding hydrogens is 298 g/mol. The zero-order valence-corrected chi connectivity index (χ0v) is 12.9. The maximum Gasteiger partial charge on any atom is 0.118 e. The summed E-state index contributed by atoms with van der Waals surface area (Å²) in [4.78, 5) is 0. The first-order valence-corrected chi connectivity index (χ1v) is 7.28. The molecule has 0 aliphatic heterocycles. The molecule has 0 atom stereocenters. The molecule has 0 bridgehead atoms. The van der Waals surface area contributed by atoms with Crippen LogP contribution in [0, 0.1) is 0 Å². The standard InChI is InChI=1S/C17H16ClN3O/c1-22-16-7-5-12(6-8-16)17-10-14(11-19)20-21(17)15-4-2-3-13(18)9-15/h2-10H,11,19H2,1H3. The molecule has 2 N–H and O–H groups in total. The Morgan fingerprint density at radius 3 is 2.55 bits per heavy atom. The summed E-state index contributed by atoms with van der Waals surface area (Å²) in [5, 5.41) is 5.23. The van der Waals surface area contributed by atoms with Crippen LogP contribution in [0.15, 0.2) is 54.6 Å². The number of halogens is 1. The van der Waals surface area contributed by atoms with Gasteiger partial charge in [-0.15, -0.1) is 0 Å². The first kappa shape index (κ1) is 14.6. The van der Waals surface area contributed by atoms with E-state index in [1.54, 1.807) is 7.11 Å². The van der Waals surface area contributed by atoms with Crippen LogP contribution < -0.4 is 10.5 Å². The zero-order chi connectivity index (χ0) is 15.5. The number of nitrogens with two attached hydrogens (primary N) is 1. The summed E-state index contributed by atoms with van der Waals surface area (Å²) in [6.07, 6.45) is 0. The van der Waals surface area contributed by atoms with Gasteiger partial charge in [-0.3, -0.25) is 0 Å². The van der Waals surface area contributed by atoms with Crippen LogP contribution in [0.2, 0.25) is 5.02 Å². The maximum absolute atomic E-state index is 6.09. The van der Waals surface area contributed by atoms with Gasteiger partial charge < -0.3 is 10.5 Å². The first-order valence-electron chi connectivity index (χ1n) is 6.90. The molecule has 112 valence electrons. The van der Waals surface area contributed by atoms with Gasteiger partial charge in [0.2, 0.25) is 0 Å². The van der Waals surface area contributed by atoms with E-state index >= 15 is 0 Å². The third-order valence-corrected chi connectivity index (χ3v) is 3.64. The van der Waals surface area contributed by atoms with E-state index in [9.17, 15) is 0 Å². The molecule has 0 saturated carbocycles. The van der Waals surface area contributed by atoms with Gasteiger partial charge in [-0.25, -0.2) is 4.68 Å². The van der Waals surface area contributed by atoms with Crippen LogP contribution in [-0.2, 0) is 6.54 Å². The minimum atomic E-state index is 0.386. The van der Waals surface area contributed by atoms with Crippen molar-refractivity contribution in [3.05, 3.63) is 65.3 Å². The molecule has 0 amide bonds. The van der Waals surface area contributed by atoms with Gasteiger partial charge in [0.15, 0.2) is 0 Å². The van der Waals surface area contributed by atoms with Crippen molar-refractivity contribution in [3.8, 4) is 22.7 Å². The predicted molar refractivity (Wildman–Crippen MR) is 88.5 cm³/mol. The smallest absolute Gasteiger partial charge is 0.118 e. The van der Waals surface area contributed by atoms with Crippen molar-refractivity contribution < 1.29 is 4.74 Å². The minimum Gasteiger partial charge on any atom is -0.497 e. The summed E-state index contributed by atoms with van der Waals surface area (Å²) < 4.78 is 7.06. The number of benzene rings is 2. The fourth-order valence-corrected chi connectivity index (χ4v) is 2.49. The lowest BCUT2D eigenvalue weighted by Gasteiger charge is -2.08. The molecule has 1 aromatic heterocycles. The first-order chi connectivity index (χ1) is 10.7. The number of ether oxygens (including phenoxy) is 1. The molecule has 0 saturated heterocycles. The molecule has 0 aliphatic carbocycles. The number of rotatable bonds is 4. The highest BCUT2D eigenvalue weighted by atomic mass is 35.5. The van der Waals surface area contributed by atoms with Crippen LogP contribution in [0.4, 0.5) is 0 Å². The molecular formula is C17H16ClN3O. The van der Waals surface area contributed by atoms with Gasteiger partial charge in [-0.05, 0) is 48.5 Å². The van der Waals surface area contributed by atoms with Crippen molar-refractivity contribution in [1.82, 2.24) is 9.78 Å². The van der Waals surface area contributed by atoms with Gasteiger partial charge in [-0.1, -0.05) is 17.7 Å². The zero-order valence-electron chi connectivity index (χ0n) is 12.2. The summed E-state index contributed by atoms with van der Waals surface area (Å²) in [5.41, 5.74) is 9.47. The summed E-state index contributed by atoms with van der Waals surface area (Å²) in [5.74, 6) is 0.816. The normalized spacial score (nSPS) is 10.7. The maximum atomic E-state index is 6.09. The predicted octanol–water partition coefficient (Wildman–Crippen LogP) is 3.66. The molecule has 22 heavy (non-hydrogen) atoms. The van der Waals surface area contributed by atoms with Crippen molar-refractivity contribution in [1.29, 1.82) is 0 Å². The van der Waals surface area contributed by atoms with Crippen LogP contribution in [0.25, 0.3) is 16.9 Å². The minimum absolute atomic E-state index is 0.386. The summed E-state index contributed by atoms with van der Waals surface area (Å²) in [6, 6.07) is 17.4. The average Bonchev–Trinajstić information content (AvgIpc) is 2.99.